The van der Waals surface area contributed by atoms with E-state index in [1.165, 1.54) is 29.9 Å². The zero-order chi connectivity index (χ0) is 12.4. The van der Waals surface area contributed by atoms with E-state index in [4.69, 9.17) is 0 Å². The van der Waals surface area contributed by atoms with E-state index >= 15 is 0 Å². The first-order valence-corrected chi connectivity index (χ1v) is 6.61. The average molecular weight is 232 g/mol. The second-order valence-electron chi connectivity index (χ2n) is 5.50. The van der Waals surface area contributed by atoms with Crippen molar-refractivity contribution in [3.63, 3.8) is 0 Å². The van der Waals surface area contributed by atoms with Gasteiger partial charge in [-0.2, -0.15) is 0 Å². The minimum absolute atomic E-state index is 0.812. The van der Waals surface area contributed by atoms with Gasteiger partial charge < -0.3 is 10.2 Å². The third-order valence-corrected chi connectivity index (χ3v) is 4.05. The summed E-state index contributed by atoms with van der Waals surface area (Å²) in [5, 5.41) is 3.21. The lowest BCUT2D eigenvalue weighted by atomic mass is 10.0. The number of aryl methyl sites for hydroxylation is 1. The predicted octanol–water partition coefficient (Wildman–Crippen LogP) is 2.81. The van der Waals surface area contributed by atoms with Crippen molar-refractivity contribution in [2.24, 2.45) is 11.8 Å². The molecule has 1 aromatic rings. The van der Waals surface area contributed by atoms with Crippen molar-refractivity contribution in [1.29, 1.82) is 0 Å². The molecule has 0 radical (unpaired) electrons. The van der Waals surface area contributed by atoms with Gasteiger partial charge in [-0.15, -0.1) is 0 Å². The Morgan fingerprint density at radius 1 is 1.24 bits per heavy atom. The number of anilines is 1. The fraction of sp³-hybridized carbons (Fsp3) is 0.600. The maximum absolute atomic E-state index is 3.21. The maximum Gasteiger partial charge on any atom is 0.0369 e. The molecule has 1 fully saturated rings. The zero-order valence-electron chi connectivity index (χ0n) is 11.5. The van der Waals surface area contributed by atoms with Crippen molar-refractivity contribution in [1.82, 2.24) is 5.32 Å². The van der Waals surface area contributed by atoms with Crippen LogP contribution in [0.2, 0.25) is 0 Å². The Labute approximate surface area is 105 Å². The van der Waals surface area contributed by atoms with Crippen LogP contribution in [0.1, 0.15) is 25.0 Å². The summed E-state index contributed by atoms with van der Waals surface area (Å²) in [7, 11) is 2.00. The molecule has 0 aromatic heterocycles. The van der Waals surface area contributed by atoms with E-state index in [0.717, 1.165) is 18.4 Å². The van der Waals surface area contributed by atoms with Crippen molar-refractivity contribution in [3.05, 3.63) is 29.3 Å². The van der Waals surface area contributed by atoms with Crippen molar-refractivity contribution in [2.75, 3.05) is 25.0 Å². The molecule has 17 heavy (non-hydrogen) atoms. The third-order valence-electron chi connectivity index (χ3n) is 4.05. The van der Waals surface area contributed by atoms with Gasteiger partial charge in [-0.3, -0.25) is 0 Å². The van der Waals surface area contributed by atoms with E-state index < -0.39 is 0 Å². The molecule has 1 N–H and O–H groups in total. The minimum atomic E-state index is 0.812. The number of nitrogens with zero attached hydrogens (tertiary/aromatic N) is 1. The molecule has 2 heteroatoms. The van der Waals surface area contributed by atoms with Gasteiger partial charge >= 0.3 is 0 Å². The lowest BCUT2D eigenvalue weighted by Gasteiger charge is -2.20. The molecule has 1 aliphatic heterocycles. The molecule has 2 nitrogen and oxygen atoms in total. The molecule has 0 amide bonds. The number of hydrogen-bond acceptors (Lipinski definition) is 2. The van der Waals surface area contributed by atoms with E-state index in [0.29, 0.717) is 0 Å². The van der Waals surface area contributed by atoms with Gasteiger partial charge in [-0.05, 0) is 49.1 Å². The van der Waals surface area contributed by atoms with Gasteiger partial charge in [-0.25, -0.2) is 0 Å². The lowest BCUT2D eigenvalue weighted by Crippen LogP contribution is -2.19. The molecule has 1 saturated heterocycles. The van der Waals surface area contributed by atoms with Crippen molar-refractivity contribution >= 4 is 5.69 Å². The second-order valence-corrected chi connectivity index (χ2v) is 5.50. The molecule has 0 saturated carbocycles. The monoisotopic (exact) mass is 232 g/mol. The molecular formula is C15H24N2. The summed E-state index contributed by atoms with van der Waals surface area (Å²) in [6, 6.07) is 6.86. The maximum atomic E-state index is 3.21. The van der Waals surface area contributed by atoms with E-state index in [1.807, 2.05) is 7.05 Å². The Kier molecular flexibility index (Phi) is 3.72. The van der Waals surface area contributed by atoms with Crippen LogP contribution in [0, 0.1) is 18.8 Å². The molecule has 0 spiro atoms. The van der Waals surface area contributed by atoms with Gasteiger partial charge in [0.2, 0.25) is 0 Å². The first kappa shape index (κ1) is 12.4. The molecule has 94 valence electrons. The SMILES string of the molecule is CNCc1ccc(N2CC(C)C(C)C2)cc1C. The summed E-state index contributed by atoms with van der Waals surface area (Å²) in [5.74, 6) is 1.62. The average Bonchev–Trinajstić information content (AvgIpc) is 2.62. The Hall–Kier alpha value is -1.02. The van der Waals surface area contributed by atoms with Crippen LogP contribution in [0.15, 0.2) is 18.2 Å². The fourth-order valence-corrected chi connectivity index (χ4v) is 2.61. The van der Waals surface area contributed by atoms with Crippen molar-refractivity contribution < 1.29 is 0 Å². The zero-order valence-corrected chi connectivity index (χ0v) is 11.5. The quantitative estimate of drug-likeness (QED) is 0.862. The normalized spacial score (nSPS) is 24.4. The van der Waals surface area contributed by atoms with Crippen LogP contribution in [0.3, 0.4) is 0 Å². The topological polar surface area (TPSA) is 15.3 Å². The van der Waals surface area contributed by atoms with Gasteiger partial charge in [0.25, 0.3) is 0 Å². The van der Waals surface area contributed by atoms with Crippen LogP contribution in [0.5, 0.6) is 0 Å². The Balaban J connectivity index is 2.15. The van der Waals surface area contributed by atoms with E-state index in [2.05, 4.69) is 49.2 Å². The summed E-state index contributed by atoms with van der Waals surface area (Å²) in [6.07, 6.45) is 0. The molecule has 0 aliphatic carbocycles. The van der Waals surface area contributed by atoms with Crippen LogP contribution in [0.4, 0.5) is 5.69 Å². The second kappa shape index (κ2) is 5.09. The number of nitrogens with one attached hydrogen (secondary N) is 1. The minimum Gasteiger partial charge on any atom is -0.371 e. The van der Waals surface area contributed by atoms with Crippen molar-refractivity contribution in [2.45, 2.75) is 27.3 Å². The summed E-state index contributed by atoms with van der Waals surface area (Å²) >= 11 is 0. The Bertz CT molecular complexity index is 377. The molecule has 2 atom stereocenters. The molecule has 1 aromatic carbocycles. The molecule has 1 heterocycles. The van der Waals surface area contributed by atoms with Gasteiger partial charge in [-0.1, -0.05) is 19.9 Å². The molecular weight excluding hydrogens is 208 g/mol. The van der Waals surface area contributed by atoms with E-state index in [9.17, 15) is 0 Å². The highest BCUT2D eigenvalue weighted by atomic mass is 15.2. The molecule has 0 bridgehead atoms. The molecule has 1 aliphatic rings. The van der Waals surface area contributed by atoms with Crippen LogP contribution in [0.25, 0.3) is 0 Å². The summed E-state index contributed by atoms with van der Waals surface area (Å²) in [6.45, 7) is 10.3. The Morgan fingerprint density at radius 3 is 2.41 bits per heavy atom. The van der Waals surface area contributed by atoms with Gasteiger partial charge in [0.1, 0.15) is 0 Å². The van der Waals surface area contributed by atoms with Crippen LogP contribution < -0.4 is 10.2 Å². The highest BCUT2D eigenvalue weighted by Gasteiger charge is 2.26. The van der Waals surface area contributed by atoms with E-state index in [-0.39, 0.29) is 0 Å². The number of rotatable bonds is 3. The predicted molar refractivity (Wildman–Crippen MR) is 74.5 cm³/mol. The summed E-state index contributed by atoms with van der Waals surface area (Å²) < 4.78 is 0. The first-order chi connectivity index (χ1) is 8.11. The lowest BCUT2D eigenvalue weighted by molar-refractivity contribution is 0.494. The molecule has 2 rings (SSSR count). The largest absolute Gasteiger partial charge is 0.371 e. The smallest absolute Gasteiger partial charge is 0.0369 e. The van der Waals surface area contributed by atoms with Crippen LogP contribution in [-0.4, -0.2) is 20.1 Å². The summed E-state index contributed by atoms with van der Waals surface area (Å²) in [4.78, 5) is 2.52. The standard InChI is InChI=1S/C15H24N2/c1-11-7-15(6-5-14(11)8-16-4)17-9-12(2)13(3)10-17/h5-7,12-13,16H,8-10H2,1-4H3. The summed E-state index contributed by atoms with van der Waals surface area (Å²) in [5.41, 5.74) is 4.18. The van der Waals surface area contributed by atoms with Gasteiger partial charge in [0.05, 0.1) is 0 Å². The van der Waals surface area contributed by atoms with E-state index in [1.54, 1.807) is 0 Å². The Morgan fingerprint density at radius 2 is 1.88 bits per heavy atom. The highest BCUT2D eigenvalue weighted by molar-refractivity contribution is 5.51. The number of benzene rings is 1. The third kappa shape index (κ3) is 2.63. The van der Waals surface area contributed by atoms with Gasteiger partial charge in [0.15, 0.2) is 0 Å². The first-order valence-electron chi connectivity index (χ1n) is 6.61. The highest BCUT2D eigenvalue weighted by Crippen LogP contribution is 2.28. The van der Waals surface area contributed by atoms with Crippen LogP contribution >= 0.6 is 0 Å². The van der Waals surface area contributed by atoms with Crippen molar-refractivity contribution in [3.8, 4) is 0 Å². The van der Waals surface area contributed by atoms with Gasteiger partial charge in [0, 0.05) is 25.3 Å². The number of hydrogen-bond donors (Lipinski definition) is 1. The molecule has 2 unspecified atom stereocenters. The van der Waals surface area contributed by atoms with Crippen LogP contribution in [-0.2, 0) is 6.54 Å². The fourth-order valence-electron chi connectivity index (χ4n) is 2.61.